The Balaban J connectivity index is 1.97. The van der Waals surface area contributed by atoms with Crippen molar-refractivity contribution >= 4 is 23.5 Å². The van der Waals surface area contributed by atoms with E-state index in [-0.39, 0.29) is 18.7 Å². The number of carbonyl (C=O) groups excluding carboxylic acids is 1. The maximum absolute atomic E-state index is 12.2. The lowest BCUT2D eigenvalue weighted by Gasteiger charge is -2.17. The zero-order valence-corrected chi connectivity index (χ0v) is 14.6. The first-order chi connectivity index (χ1) is 12.0. The van der Waals surface area contributed by atoms with Crippen molar-refractivity contribution in [3.8, 4) is 5.75 Å². The first kappa shape index (κ1) is 18.8. The van der Waals surface area contributed by atoms with E-state index in [4.69, 9.17) is 21.4 Å². The molecule has 0 heterocycles. The van der Waals surface area contributed by atoms with E-state index in [1.165, 1.54) is 0 Å². The summed E-state index contributed by atoms with van der Waals surface area (Å²) in [4.78, 5) is 23.3. The third-order valence-corrected chi connectivity index (χ3v) is 4.07. The number of aliphatic carboxylic acids is 1. The van der Waals surface area contributed by atoms with Crippen LogP contribution in [-0.4, -0.2) is 24.1 Å². The van der Waals surface area contributed by atoms with Gasteiger partial charge in [0, 0.05) is 6.42 Å². The van der Waals surface area contributed by atoms with E-state index >= 15 is 0 Å². The number of hydrogen-bond acceptors (Lipinski definition) is 3. The van der Waals surface area contributed by atoms with Gasteiger partial charge in [-0.25, -0.2) is 0 Å². The Labute approximate surface area is 151 Å². The molecule has 1 unspecified atom stereocenters. The number of rotatable bonds is 8. The standard InChI is InChI=1S/C19H20ClNO4/c1-25-17-9-7-13(11-15(17)20)8-10-18(22)21-16(12-19(23)24)14-5-3-2-4-6-14/h2-7,9,11,16H,8,10,12H2,1H3,(H,21,22)(H,23,24). The molecule has 0 aliphatic carbocycles. The maximum Gasteiger partial charge on any atom is 0.305 e. The second-order valence-electron chi connectivity index (χ2n) is 5.60. The number of carbonyl (C=O) groups is 2. The fourth-order valence-corrected chi connectivity index (χ4v) is 2.78. The molecule has 132 valence electrons. The Hall–Kier alpha value is -2.53. The molecule has 0 spiro atoms. The molecular formula is C19H20ClNO4. The highest BCUT2D eigenvalue weighted by Gasteiger charge is 2.17. The quantitative estimate of drug-likeness (QED) is 0.753. The van der Waals surface area contributed by atoms with Crippen molar-refractivity contribution < 1.29 is 19.4 Å². The zero-order valence-electron chi connectivity index (χ0n) is 13.9. The van der Waals surface area contributed by atoms with Gasteiger partial charge < -0.3 is 15.2 Å². The molecule has 2 rings (SSSR count). The molecular weight excluding hydrogens is 342 g/mol. The van der Waals surface area contributed by atoms with Crippen molar-refractivity contribution in [2.24, 2.45) is 0 Å². The summed E-state index contributed by atoms with van der Waals surface area (Å²) in [6.45, 7) is 0. The van der Waals surface area contributed by atoms with Crippen molar-refractivity contribution in [2.45, 2.75) is 25.3 Å². The molecule has 1 atom stereocenters. The number of ether oxygens (including phenoxy) is 1. The predicted octanol–water partition coefficient (Wildman–Crippen LogP) is 3.61. The van der Waals surface area contributed by atoms with Crippen LogP contribution in [0.25, 0.3) is 0 Å². The SMILES string of the molecule is COc1ccc(CCC(=O)NC(CC(=O)O)c2ccccc2)cc1Cl. The van der Waals surface area contributed by atoms with Crippen LogP contribution in [0.1, 0.15) is 30.0 Å². The van der Waals surface area contributed by atoms with E-state index < -0.39 is 12.0 Å². The van der Waals surface area contributed by atoms with Gasteiger partial charge in [-0.05, 0) is 29.7 Å². The van der Waals surface area contributed by atoms with Crippen LogP contribution in [0, 0.1) is 0 Å². The van der Waals surface area contributed by atoms with Crippen LogP contribution in [0.2, 0.25) is 5.02 Å². The fraction of sp³-hybridized carbons (Fsp3) is 0.263. The number of aryl methyl sites for hydroxylation is 1. The van der Waals surface area contributed by atoms with Crippen LogP contribution in [0.4, 0.5) is 0 Å². The molecule has 25 heavy (non-hydrogen) atoms. The highest BCUT2D eigenvalue weighted by atomic mass is 35.5. The largest absolute Gasteiger partial charge is 0.495 e. The Bertz CT molecular complexity index is 733. The van der Waals surface area contributed by atoms with Gasteiger partial charge in [-0.15, -0.1) is 0 Å². The number of nitrogens with one attached hydrogen (secondary N) is 1. The van der Waals surface area contributed by atoms with Crippen molar-refractivity contribution in [3.05, 3.63) is 64.7 Å². The number of hydrogen-bond donors (Lipinski definition) is 2. The van der Waals surface area contributed by atoms with Gasteiger partial charge in [-0.1, -0.05) is 48.0 Å². The summed E-state index contributed by atoms with van der Waals surface area (Å²) in [5.74, 6) is -0.585. The van der Waals surface area contributed by atoms with Gasteiger partial charge in [0.15, 0.2) is 0 Å². The molecule has 2 aromatic rings. The summed E-state index contributed by atoms with van der Waals surface area (Å²) in [6, 6.07) is 13.9. The number of amides is 1. The van der Waals surface area contributed by atoms with E-state index in [9.17, 15) is 9.59 Å². The number of benzene rings is 2. The highest BCUT2D eigenvalue weighted by molar-refractivity contribution is 6.32. The van der Waals surface area contributed by atoms with Gasteiger partial charge in [0.1, 0.15) is 5.75 Å². The van der Waals surface area contributed by atoms with Crippen LogP contribution in [0.15, 0.2) is 48.5 Å². The second-order valence-corrected chi connectivity index (χ2v) is 6.00. The summed E-state index contributed by atoms with van der Waals surface area (Å²) >= 11 is 6.08. The Morgan fingerprint density at radius 1 is 1.20 bits per heavy atom. The molecule has 0 bridgehead atoms. The van der Waals surface area contributed by atoms with Gasteiger partial charge in [0.25, 0.3) is 0 Å². The van der Waals surface area contributed by atoms with Crippen LogP contribution < -0.4 is 10.1 Å². The summed E-state index contributed by atoms with van der Waals surface area (Å²) in [7, 11) is 1.54. The lowest BCUT2D eigenvalue weighted by molar-refractivity contribution is -0.137. The van der Waals surface area contributed by atoms with E-state index in [1.54, 1.807) is 31.4 Å². The number of methoxy groups -OCH3 is 1. The minimum absolute atomic E-state index is 0.163. The molecule has 0 aliphatic heterocycles. The summed E-state index contributed by atoms with van der Waals surface area (Å²) in [6.07, 6.45) is 0.583. The van der Waals surface area contributed by atoms with Crippen molar-refractivity contribution in [1.82, 2.24) is 5.32 Å². The number of carboxylic acids is 1. The van der Waals surface area contributed by atoms with Crippen molar-refractivity contribution in [2.75, 3.05) is 7.11 Å². The van der Waals surface area contributed by atoms with Crippen LogP contribution in [-0.2, 0) is 16.0 Å². The number of carboxylic acid groups (broad SMARTS) is 1. The molecule has 0 aliphatic rings. The van der Waals surface area contributed by atoms with Gasteiger partial charge in [-0.2, -0.15) is 0 Å². The maximum atomic E-state index is 12.2. The van der Waals surface area contributed by atoms with Crippen LogP contribution in [0.3, 0.4) is 0 Å². The van der Waals surface area contributed by atoms with Crippen LogP contribution >= 0.6 is 11.6 Å². The van der Waals surface area contributed by atoms with E-state index in [0.717, 1.165) is 11.1 Å². The molecule has 6 heteroatoms. The monoisotopic (exact) mass is 361 g/mol. The van der Waals surface area contributed by atoms with E-state index in [1.807, 2.05) is 24.3 Å². The fourth-order valence-electron chi connectivity index (χ4n) is 2.50. The number of halogens is 1. The molecule has 0 saturated carbocycles. The predicted molar refractivity (Wildman–Crippen MR) is 95.9 cm³/mol. The molecule has 5 nitrogen and oxygen atoms in total. The molecule has 0 aromatic heterocycles. The first-order valence-electron chi connectivity index (χ1n) is 7.88. The summed E-state index contributed by atoms with van der Waals surface area (Å²) in [5, 5.41) is 12.4. The molecule has 1 amide bonds. The van der Waals surface area contributed by atoms with Gasteiger partial charge in [0.05, 0.1) is 24.6 Å². The Morgan fingerprint density at radius 2 is 1.92 bits per heavy atom. The molecule has 0 radical (unpaired) electrons. The molecule has 2 N–H and O–H groups in total. The van der Waals surface area contributed by atoms with Gasteiger partial charge >= 0.3 is 5.97 Å². The van der Waals surface area contributed by atoms with Gasteiger partial charge in [0.2, 0.25) is 5.91 Å². The minimum Gasteiger partial charge on any atom is -0.495 e. The lowest BCUT2D eigenvalue weighted by atomic mass is 10.0. The topological polar surface area (TPSA) is 75.6 Å². The summed E-state index contributed by atoms with van der Waals surface area (Å²) < 4.78 is 5.10. The van der Waals surface area contributed by atoms with E-state index in [0.29, 0.717) is 17.2 Å². The highest BCUT2D eigenvalue weighted by Crippen LogP contribution is 2.25. The van der Waals surface area contributed by atoms with Crippen molar-refractivity contribution in [3.63, 3.8) is 0 Å². The average Bonchev–Trinajstić information content (AvgIpc) is 2.60. The van der Waals surface area contributed by atoms with E-state index in [2.05, 4.69) is 5.32 Å². The van der Waals surface area contributed by atoms with Crippen molar-refractivity contribution in [1.29, 1.82) is 0 Å². The lowest BCUT2D eigenvalue weighted by Crippen LogP contribution is -2.30. The molecule has 2 aromatic carbocycles. The second kappa shape index (κ2) is 9.08. The molecule has 0 fully saturated rings. The zero-order chi connectivity index (χ0) is 18.2. The Kier molecular flexibility index (Phi) is 6.83. The molecule has 0 saturated heterocycles. The third-order valence-electron chi connectivity index (χ3n) is 3.77. The average molecular weight is 362 g/mol. The smallest absolute Gasteiger partial charge is 0.305 e. The van der Waals surface area contributed by atoms with Crippen LogP contribution in [0.5, 0.6) is 5.75 Å². The first-order valence-corrected chi connectivity index (χ1v) is 8.26. The van der Waals surface area contributed by atoms with Gasteiger partial charge in [-0.3, -0.25) is 9.59 Å². The Morgan fingerprint density at radius 3 is 2.52 bits per heavy atom. The normalized spacial score (nSPS) is 11.6. The third kappa shape index (κ3) is 5.80. The minimum atomic E-state index is -0.962. The summed E-state index contributed by atoms with van der Waals surface area (Å²) in [5.41, 5.74) is 1.68.